The van der Waals surface area contributed by atoms with E-state index in [2.05, 4.69) is 17.0 Å². The maximum absolute atomic E-state index is 11.5. The Balaban J connectivity index is 3.58. The third kappa shape index (κ3) is 8.84. The van der Waals surface area contributed by atoms with E-state index in [1.807, 2.05) is 0 Å². The molecule has 106 valence electrons. The van der Waals surface area contributed by atoms with Crippen molar-refractivity contribution in [3.05, 3.63) is 0 Å². The highest BCUT2D eigenvalue weighted by Gasteiger charge is 2.17. The van der Waals surface area contributed by atoms with Crippen LogP contribution in [0.3, 0.4) is 0 Å². The smallest absolute Gasteiger partial charge is 0.407 e. The summed E-state index contributed by atoms with van der Waals surface area (Å²) in [7, 11) is 0. The number of hydrogen-bond acceptors (Lipinski definition) is 4. The third-order valence-electron chi connectivity index (χ3n) is 2.46. The molecule has 1 amide bonds. The maximum atomic E-state index is 11.5. The number of alkyl carbamates (subject to hydrolysis) is 1. The zero-order valence-electron chi connectivity index (χ0n) is 11.7. The molecular weight excluding hydrogens is 234 g/mol. The van der Waals surface area contributed by atoms with Crippen molar-refractivity contribution in [1.29, 1.82) is 0 Å². The molecule has 0 fully saturated rings. The van der Waals surface area contributed by atoms with E-state index < -0.39 is 18.1 Å². The van der Waals surface area contributed by atoms with Crippen molar-refractivity contribution >= 4 is 12.1 Å². The first-order chi connectivity index (χ1) is 8.61. The van der Waals surface area contributed by atoms with Gasteiger partial charge in [0.1, 0.15) is 6.04 Å². The molecule has 0 bridgehead atoms. The van der Waals surface area contributed by atoms with E-state index >= 15 is 0 Å². The molecule has 0 aliphatic carbocycles. The number of carbonyl (C=O) groups is 2. The lowest BCUT2D eigenvalue weighted by Gasteiger charge is -2.12. The van der Waals surface area contributed by atoms with Crippen molar-refractivity contribution in [3.63, 3.8) is 0 Å². The summed E-state index contributed by atoms with van der Waals surface area (Å²) in [5.74, 6) is -0.418. The Morgan fingerprint density at radius 2 is 1.72 bits per heavy atom. The predicted molar refractivity (Wildman–Crippen MR) is 69.3 cm³/mol. The monoisotopic (exact) mass is 259 g/mol. The number of unbranched alkanes of at least 4 members (excludes halogenated alkanes) is 4. The molecule has 0 saturated heterocycles. The Labute approximate surface area is 109 Å². The minimum atomic E-state index is -0.667. The van der Waals surface area contributed by atoms with Crippen LogP contribution in [0, 0.1) is 0 Å². The van der Waals surface area contributed by atoms with Crippen LogP contribution >= 0.6 is 0 Å². The second kappa shape index (κ2) is 10.9. The molecule has 1 atom stereocenters. The first kappa shape index (κ1) is 16.7. The molecule has 0 aliphatic heterocycles. The highest BCUT2D eigenvalue weighted by atomic mass is 16.6. The second-order valence-corrected chi connectivity index (χ2v) is 4.17. The average Bonchev–Trinajstić information content (AvgIpc) is 2.33. The van der Waals surface area contributed by atoms with E-state index in [-0.39, 0.29) is 6.61 Å². The van der Waals surface area contributed by atoms with E-state index in [0.717, 1.165) is 12.8 Å². The van der Waals surface area contributed by atoms with Gasteiger partial charge in [0, 0.05) is 0 Å². The number of nitrogens with one attached hydrogen (secondary N) is 1. The topological polar surface area (TPSA) is 64.6 Å². The van der Waals surface area contributed by atoms with Crippen molar-refractivity contribution in [2.75, 3.05) is 13.2 Å². The molecule has 5 heteroatoms. The fraction of sp³-hybridized carbons (Fsp3) is 0.846. The van der Waals surface area contributed by atoms with E-state index in [4.69, 9.17) is 4.74 Å². The van der Waals surface area contributed by atoms with Crippen LogP contribution in [0.5, 0.6) is 0 Å². The standard InChI is InChI=1S/C13H25NO4/c1-4-6-7-8-9-10-18-12(15)11(3)14-13(16)17-5-2/h11H,4-10H2,1-3H3,(H,14,16)/t11-/m0/s1. The lowest BCUT2D eigenvalue weighted by atomic mass is 10.2. The molecule has 5 nitrogen and oxygen atoms in total. The Hall–Kier alpha value is -1.26. The van der Waals surface area contributed by atoms with E-state index in [1.165, 1.54) is 19.3 Å². The highest BCUT2D eigenvalue weighted by molar-refractivity contribution is 5.80. The third-order valence-corrected chi connectivity index (χ3v) is 2.46. The predicted octanol–water partition coefficient (Wildman–Crippen LogP) is 2.63. The summed E-state index contributed by atoms with van der Waals surface area (Å²) in [5.41, 5.74) is 0. The van der Waals surface area contributed by atoms with Crippen molar-refractivity contribution in [1.82, 2.24) is 5.32 Å². The molecule has 0 saturated carbocycles. The van der Waals surface area contributed by atoms with Gasteiger partial charge in [0.05, 0.1) is 13.2 Å². The molecule has 0 aliphatic rings. The number of carbonyl (C=O) groups excluding carboxylic acids is 2. The summed E-state index contributed by atoms with van der Waals surface area (Å²) >= 11 is 0. The molecule has 1 N–H and O–H groups in total. The SMILES string of the molecule is CCCCCCCOC(=O)[C@H](C)NC(=O)OCC. The van der Waals surface area contributed by atoms with Crippen molar-refractivity contribution in [2.45, 2.75) is 58.9 Å². The van der Waals surface area contributed by atoms with Crippen LogP contribution in [0.4, 0.5) is 4.79 Å². The summed E-state index contributed by atoms with van der Waals surface area (Å²) in [6, 6.07) is -0.667. The van der Waals surface area contributed by atoms with Gasteiger partial charge in [-0.05, 0) is 20.3 Å². The summed E-state index contributed by atoms with van der Waals surface area (Å²) in [4.78, 5) is 22.5. The molecule has 0 heterocycles. The van der Waals surface area contributed by atoms with E-state index in [1.54, 1.807) is 13.8 Å². The molecule has 18 heavy (non-hydrogen) atoms. The Morgan fingerprint density at radius 3 is 2.33 bits per heavy atom. The molecule has 0 aromatic rings. The van der Waals surface area contributed by atoms with E-state index in [9.17, 15) is 9.59 Å². The van der Waals surface area contributed by atoms with Crippen LogP contribution in [0.2, 0.25) is 0 Å². The van der Waals surface area contributed by atoms with Gasteiger partial charge < -0.3 is 14.8 Å². The Kier molecular flexibility index (Phi) is 10.1. The minimum Gasteiger partial charge on any atom is -0.464 e. The van der Waals surface area contributed by atoms with Gasteiger partial charge in [0.2, 0.25) is 0 Å². The molecule has 0 aromatic carbocycles. The summed E-state index contributed by atoms with van der Waals surface area (Å²) in [6.45, 7) is 6.14. The van der Waals surface area contributed by atoms with Gasteiger partial charge in [-0.2, -0.15) is 0 Å². The second-order valence-electron chi connectivity index (χ2n) is 4.17. The first-order valence-electron chi connectivity index (χ1n) is 6.71. The van der Waals surface area contributed by atoms with Gasteiger partial charge in [0.25, 0.3) is 0 Å². The lowest BCUT2D eigenvalue weighted by Crippen LogP contribution is -2.39. The van der Waals surface area contributed by atoms with Gasteiger partial charge in [-0.15, -0.1) is 0 Å². The molecule has 0 unspecified atom stereocenters. The minimum absolute atomic E-state index is 0.283. The Morgan fingerprint density at radius 1 is 1.06 bits per heavy atom. The number of esters is 1. The van der Waals surface area contributed by atoms with Crippen LogP contribution in [0.1, 0.15) is 52.9 Å². The molecule has 0 radical (unpaired) electrons. The van der Waals surface area contributed by atoms with Crippen LogP contribution < -0.4 is 5.32 Å². The fourth-order valence-electron chi connectivity index (χ4n) is 1.41. The molecule has 0 rings (SSSR count). The van der Waals surface area contributed by atoms with Gasteiger partial charge in [-0.25, -0.2) is 9.59 Å². The van der Waals surface area contributed by atoms with E-state index in [0.29, 0.717) is 6.61 Å². The van der Waals surface area contributed by atoms with Crippen molar-refractivity contribution in [3.8, 4) is 0 Å². The lowest BCUT2D eigenvalue weighted by molar-refractivity contribution is -0.145. The molecule has 0 aromatic heterocycles. The normalized spacial score (nSPS) is 11.7. The average molecular weight is 259 g/mol. The maximum Gasteiger partial charge on any atom is 0.407 e. The summed E-state index contributed by atoms with van der Waals surface area (Å²) < 4.78 is 9.73. The number of amides is 1. The first-order valence-corrected chi connectivity index (χ1v) is 6.71. The molecular formula is C13H25NO4. The van der Waals surface area contributed by atoms with Crippen molar-refractivity contribution in [2.24, 2.45) is 0 Å². The summed E-state index contributed by atoms with van der Waals surface area (Å²) in [5, 5.41) is 2.41. The number of hydrogen-bond donors (Lipinski definition) is 1. The number of rotatable bonds is 9. The largest absolute Gasteiger partial charge is 0.464 e. The van der Waals surface area contributed by atoms with Crippen LogP contribution in [0.25, 0.3) is 0 Å². The van der Waals surface area contributed by atoms with Gasteiger partial charge in [-0.3, -0.25) is 0 Å². The van der Waals surface area contributed by atoms with Crippen LogP contribution in [0.15, 0.2) is 0 Å². The van der Waals surface area contributed by atoms with Gasteiger partial charge >= 0.3 is 12.1 Å². The van der Waals surface area contributed by atoms with Crippen molar-refractivity contribution < 1.29 is 19.1 Å². The van der Waals surface area contributed by atoms with Crippen LogP contribution in [-0.4, -0.2) is 31.3 Å². The quantitative estimate of drug-likeness (QED) is 0.510. The Bertz CT molecular complexity index is 243. The zero-order valence-corrected chi connectivity index (χ0v) is 11.7. The van der Waals surface area contributed by atoms with Gasteiger partial charge in [-0.1, -0.05) is 32.6 Å². The number of ether oxygens (including phenoxy) is 2. The fourth-order valence-corrected chi connectivity index (χ4v) is 1.41. The van der Waals surface area contributed by atoms with Crippen LogP contribution in [-0.2, 0) is 14.3 Å². The molecule has 0 spiro atoms. The zero-order chi connectivity index (χ0) is 13.8. The highest BCUT2D eigenvalue weighted by Crippen LogP contribution is 2.02. The summed E-state index contributed by atoms with van der Waals surface area (Å²) in [6.07, 6.45) is 4.93. The van der Waals surface area contributed by atoms with Gasteiger partial charge in [0.15, 0.2) is 0 Å².